The quantitative estimate of drug-likeness (QED) is 0.751. The summed E-state index contributed by atoms with van der Waals surface area (Å²) < 4.78 is 27.0. The molecule has 0 bridgehead atoms. The molecule has 2 aromatic rings. The van der Waals surface area contributed by atoms with Gasteiger partial charge in [-0.05, 0) is 19.8 Å². The molecule has 2 heterocycles. The van der Waals surface area contributed by atoms with E-state index in [1.807, 2.05) is 20.8 Å². The van der Waals surface area contributed by atoms with Crippen LogP contribution in [0.15, 0.2) is 11.2 Å². The summed E-state index contributed by atoms with van der Waals surface area (Å²) in [6.07, 6.45) is 2.50. The molecule has 116 valence electrons. The van der Waals surface area contributed by atoms with Crippen molar-refractivity contribution in [2.45, 2.75) is 51.6 Å². The number of aryl methyl sites for hydroxylation is 2. The van der Waals surface area contributed by atoms with E-state index in [1.54, 1.807) is 9.36 Å². The van der Waals surface area contributed by atoms with E-state index in [0.29, 0.717) is 37.3 Å². The van der Waals surface area contributed by atoms with Gasteiger partial charge in [0.05, 0.1) is 11.4 Å². The van der Waals surface area contributed by atoms with E-state index in [4.69, 9.17) is 10.7 Å². The number of hydrogen-bond donors (Lipinski definition) is 0. The van der Waals surface area contributed by atoms with Gasteiger partial charge in [0, 0.05) is 17.2 Å². The molecule has 0 amide bonds. The van der Waals surface area contributed by atoms with Crippen molar-refractivity contribution in [3.63, 3.8) is 0 Å². The molecule has 2 aromatic heterocycles. The molecule has 0 unspecified atom stereocenters. The van der Waals surface area contributed by atoms with Crippen molar-refractivity contribution in [1.82, 2.24) is 24.5 Å². The molecule has 0 N–H and O–H groups in total. The topological polar surface area (TPSA) is 82.7 Å². The molecular formula is C12H18ClN5O2S. The molecule has 0 radical (unpaired) electrons. The van der Waals surface area contributed by atoms with E-state index >= 15 is 0 Å². The molecule has 0 saturated heterocycles. The van der Waals surface area contributed by atoms with Crippen molar-refractivity contribution >= 4 is 19.7 Å². The van der Waals surface area contributed by atoms with E-state index in [0.717, 1.165) is 5.82 Å². The lowest BCUT2D eigenvalue weighted by Gasteiger charge is -2.07. The lowest BCUT2D eigenvalue weighted by atomic mass is 10.2. The van der Waals surface area contributed by atoms with Crippen LogP contribution >= 0.6 is 10.7 Å². The largest absolute Gasteiger partial charge is 0.264 e. The van der Waals surface area contributed by atoms with Gasteiger partial charge in [-0.25, -0.2) is 18.1 Å². The molecule has 0 saturated carbocycles. The van der Waals surface area contributed by atoms with E-state index in [-0.39, 0.29) is 4.90 Å². The Labute approximate surface area is 128 Å². The maximum atomic E-state index is 11.8. The highest BCUT2D eigenvalue weighted by atomic mass is 35.7. The fraction of sp³-hybridized carbons (Fsp3) is 0.583. The Kier molecular flexibility index (Phi) is 4.67. The number of halogens is 1. The maximum absolute atomic E-state index is 11.8. The normalized spacial score (nSPS) is 12.0. The van der Waals surface area contributed by atoms with Gasteiger partial charge >= 0.3 is 0 Å². The van der Waals surface area contributed by atoms with Crippen molar-refractivity contribution in [3.8, 4) is 0 Å². The van der Waals surface area contributed by atoms with E-state index < -0.39 is 9.05 Å². The summed E-state index contributed by atoms with van der Waals surface area (Å²) in [5.74, 6) is 0.732. The van der Waals surface area contributed by atoms with Crippen molar-refractivity contribution in [1.29, 1.82) is 0 Å². The van der Waals surface area contributed by atoms with Gasteiger partial charge in [0.25, 0.3) is 9.05 Å². The SMILES string of the molecule is CCc1nn(Cc2ncnn2CC)c(CC)c1S(=O)(=O)Cl. The molecule has 0 aliphatic carbocycles. The molecule has 0 aliphatic heterocycles. The van der Waals surface area contributed by atoms with Crippen LogP contribution in [-0.4, -0.2) is 33.0 Å². The number of hydrogen-bond acceptors (Lipinski definition) is 5. The molecule has 0 atom stereocenters. The third-order valence-electron chi connectivity index (χ3n) is 3.28. The Hall–Kier alpha value is -1.41. The van der Waals surface area contributed by atoms with Crippen LogP contribution in [0.4, 0.5) is 0 Å². The molecule has 0 spiro atoms. The lowest BCUT2D eigenvalue weighted by Crippen LogP contribution is -2.12. The van der Waals surface area contributed by atoms with Crippen molar-refractivity contribution in [2.24, 2.45) is 0 Å². The van der Waals surface area contributed by atoms with Crippen LogP contribution in [0.5, 0.6) is 0 Å². The standard InChI is InChI=1S/C12H18ClN5O2S/c1-4-9-12(21(13,19)20)10(5-2)18(16-9)7-11-14-8-15-17(11)6-3/h8H,4-7H2,1-3H3. The van der Waals surface area contributed by atoms with E-state index in [1.165, 1.54) is 6.33 Å². The van der Waals surface area contributed by atoms with Crippen LogP contribution in [0, 0.1) is 0 Å². The van der Waals surface area contributed by atoms with Crippen LogP contribution in [0.2, 0.25) is 0 Å². The second-order valence-corrected chi connectivity index (χ2v) is 7.02. The predicted octanol–water partition coefficient (Wildman–Crippen LogP) is 1.60. The van der Waals surface area contributed by atoms with Gasteiger partial charge in [0.1, 0.15) is 23.6 Å². The molecular weight excluding hydrogens is 314 g/mol. The average molecular weight is 332 g/mol. The summed E-state index contributed by atoms with van der Waals surface area (Å²) in [5, 5.41) is 8.49. The second-order valence-electron chi connectivity index (χ2n) is 4.52. The van der Waals surface area contributed by atoms with E-state index in [9.17, 15) is 8.42 Å². The van der Waals surface area contributed by atoms with Crippen LogP contribution in [0.25, 0.3) is 0 Å². The zero-order valence-electron chi connectivity index (χ0n) is 12.2. The first-order chi connectivity index (χ1) is 9.92. The summed E-state index contributed by atoms with van der Waals surface area (Å²) in [6.45, 7) is 6.76. The van der Waals surface area contributed by atoms with Crippen molar-refractivity contribution < 1.29 is 8.42 Å². The van der Waals surface area contributed by atoms with Crippen LogP contribution in [-0.2, 0) is 35.0 Å². The summed E-state index contributed by atoms with van der Waals surface area (Å²) in [6, 6.07) is 0. The Bertz CT molecular complexity index is 735. The van der Waals surface area contributed by atoms with Crippen LogP contribution in [0.1, 0.15) is 38.0 Å². The summed E-state index contributed by atoms with van der Waals surface area (Å²) in [7, 11) is 1.75. The Morgan fingerprint density at radius 3 is 2.43 bits per heavy atom. The summed E-state index contributed by atoms with van der Waals surface area (Å²) in [5.41, 5.74) is 1.09. The minimum Gasteiger partial charge on any atom is -0.260 e. The summed E-state index contributed by atoms with van der Waals surface area (Å²) >= 11 is 0. The maximum Gasteiger partial charge on any atom is 0.264 e. The fourth-order valence-corrected chi connectivity index (χ4v) is 3.86. The zero-order chi connectivity index (χ0) is 15.6. The molecule has 2 rings (SSSR count). The van der Waals surface area contributed by atoms with Gasteiger partial charge in [-0.3, -0.25) is 4.68 Å². The van der Waals surface area contributed by atoms with Crippen LogP contribution < -0.4 is 0 Å². The van der Waals surface area contributed by atoms with Crippen molar-refractivity contribution in [3.05, 3.63) is 23.5 Å². The third-order valence-corrected chi connectivity index (χ3v) is 4.70. The molecule has 7 nitrogen and oxygen atoms in total. The Morgan fingerprint density at radius 2 is 1.90 bits per heavy atom. The number of rotatable bonds is 6. The first-order valence-corrected chi connectivity index (χ1v) is 9.13. The monoisotopic (exact) mass is 331 g/mol. The second kappa shape index (κ2) is 6.15. The molecule has 21 heavy (non-hydrogen) atoms. The zero-order valence-corrected chi connectivity index (χ0v) is 13.8. The highest BCUT2D eigenvalue weighted by molar-refractivity contribution is 8.13. The van der Waals surface area contributed by atoms with Gasteiger partial charge in [0.15, 0.2) is 0 Å². The third kappa shape index (κ3) is 3.11. The lowest BCUT2D eigenvalue weighted by molar-refractivity contribution is 0.551. The highest BCUT2D eigenvalue weighted by Gasteiger charge is 2.25. The minimum absolute atomic E-state index is 0.136. The van der Waals surface area contributed by atoms with Gasteiger partial charge in [-0.15, -0.1) is 0 Å². The average Bonchev–Trinajstić information content (AvgIpc) is 3.01. The predicted molar refractivity (Wildman–Crippen MR) is 78.8 cm³/mol. The highest BCUT2D eigenvalue weighted by Crippen LogP contribution is 2.25. The Balaban J connectivity index is 2.52. The molecule has 9 heteroatoms. The van der Waals surface area contributed by atoms with Crippen molar-refractivity contribution in [2.75, 3.05) is 0 Å². The molecule has 0 aliphatic rings. The van der Waals surface area contributed by atoms with Gasteiger partial charge in [0.2, 0.25) is 0 Å². The van der Waals surface area contributed by atoms with Gasteiger partial charge in [-0.1, -0.05) is 13.8 Å². The van der Waals surface area contributed by atoms with Gasteiger partial charge in [-0.2, -0.15) is 10.2 Å². The Morgan fingerprint density at radius 1 is 1.19 bits per heavy atom. The smallest absolute Gasteiger partial charge is 0.260 e. The molecule has 0 aromatic carbocycles. The minimum atomic E-state index is -3.82. The van der Waals surface area contributed by atoms with Crippen LogP contribution in [0.3, 0.4) is 0 Å². The fourth-order valence-electron chi connectivity index (χ4n) is 2.33. The number of nitrogens with zero attached hydrogens (tertiary/aromatic N) is 5. The first-order valence-electron chi connectivity index (χ1n) is 6.82. The summed E-state index contributed by atoms with van der Waals surface area (Å²) in [4.78, 5) is 4.33. The van der Waals surface area contributed by atoms with E-state index in [2.05, 4.69) is 15.2 Å². The van der Waals surface area contributed by atoms with Gasteiger partial charge < -0.3 is 0 Å². The molecule has 0 fully saturated rings. The number of aromatic nitrogens is 5. The first kappa shape index (κ1) is 16.0.